The number of carbonyl (C=O) groups excluding carboxylic acids is 2. The van der Waals surface area contributed by atoms with Crippen LogP contribution in [0.5, 0.6) is 0 Å². The van der Waals surface area contributed by atoms with E-state index in [2.05, 4.69) is 37.0 Å². The molecule has 2 aromatic rings. The molecule has 0 aliphatic carbocycles. The second kappa shape index (κ2) is 14.4. The van der Waals surface area contributed by atoms with Gasteiger partial charge in [0.2, 0.25) is 5.91 Å². The zero-order valence-electron chi connectivity index (χ0n) is 18.3. The Morgan fingerprint density at radius 1 is 1.08 bits per heavy atom. The second-order valence-corrected chi connectivity index (χ2v) is 7.65. The molecule has 15 heteroatoms. The number of carboxylic acids is 2. The monoisotopic (exact) mass is 575 g/mol. The predicted octanol–water partition coefficient (Wildman–Crippen LogP) is 2.27. The van der Waals surface area contributed by atoms with E-state index in [9.17, 15) is 27.6 Å². The first-order chi connectivity index (χ1) is 16.8. The number of halogens is 4. The van der Waals surface area contributed by atoms with Gasteiger partial charge in [0.25, 0.3) is 5.91 Å². The topological polar surface area (TPSA) is 183 Å². The van der Waals surface area contributed by atoms with E-state index in [0.717, 1.165) is 4.47 Å². The Bertz CT molecular complexity index is 1100. The van der Waals surface area contributed by atoms with E-state index in [-0.39, 0.29) is 13.0 Å². The summed E-state index contributed by atoms with van der Waals surface area (Å²) >= 11 is 3.31. The number of hydrogen-bond donors (Lipinski definition) is 6. The molecule has 11 nitrogen and oxygen atoms in total. The number of alkyl halides is 3. The minimum atomic E-state index is -5.08. The molecule has 1 atom stereocenters. The van der Waals surface area contributed by atoms with Crippen LogP contribution in [-0.4, -0.2) is 53.0 Å². The molecule has 0 aliphatic rings. The molecular weight excluding hydrogens is 555 g/mol. The molecule has 0 spiro atoms. The standard InChI is InChI=1S/C19H20BrN5O4.C2HF3O2/c20-14-6-4-12(5-7-14)16(9-18(27)28)25-17(26)10-22-19(29)13-2-1-3-15(8-13)23-11-24-21;3-2(4,5)1(6)7/h1-8,11,16H,9-10,21H2,(H,22,29)(H,23,24)(H,25,26)(H,27,28);(H,6,7). The minimum absolute atomic E-state index is 0.281. The fraction of sp³-hybridized carbons (Fsp3) is 0.190. The molecule has 0 saturated heterocycles. The second-order valence-electron chi connectivity index (χ2n) is 6.73. The van der Waals surface area contributed by atoms with Gasteiger partial charge in [-0.15, -0.1) is 0 Å². The van der Waals surface area contributed by atoms with Crippen molar-refractivity contribution in [1.29, 1.82) is 0 Å². The van der Waals surface area contributed by atoms with Crippen molar-refractivity contribution in [3.05, 3.63) is 64.1 Å². The quantitative estimate of drug-likeness (QED) is 0.114. The number of nitrogens with zero attached hydrogens (tertiary/aromatic N) is 1. The van der Waals surface area contributed by atoms with Crippen molar-refractivity contribution in [2.24, 2.45) is 10.8 Å². The van der Waals surface area contributed by atoms with E-state index in [0.29, 0.717) is 16.8 Å². The smallest absolute Gasteiger partial charge is 0.481 e. The Kier molecular flexibility index (Phi) is 12.0. The molecule has 0 fully saturated rings. The molecular formula is C21H21BrF3N5O6. The number of aliphatic carboxylic acids is 2. The van der Waals surface area contributed by atoms with Crippen LogP contribution in [0.15, 0.2) is 58.0 Å². The summed E-state index contributed by atoms with van der Waals surface area (Å²) in [6.07, 6.45) is -4.09. The number of aliphatic imine (C=N–C) groups is 1. The molecule has 0 aliphatic heterocycles. The summed E-state index contributed by atoms with van der Waals surface area (Å²) in [7, 11) is 0. The number of carboxylic acid groups (broad SMARTS) is 2. The highest BCUT2D eigenvalue weighted by Crippen LogP contribution is 2.20. The fourth-order valence-corrected chi connectivity index (χ4v) is 2.73. The van der Waals surface area contributed by atoms with Crippen LogP contribution in [-0.2, 0) is 14.4 Å². The maximum atomic E-state index is 12.3. The number of benzene rings is 2. The molecule has 36 heavy (non-hydrogen) atoms. The van der Waals surface area contributed by atoms with Crippen molar-refractivity contribution in [2.45, 2.75) is 18.6 Å². The highest BCUT2D eigenvalue weighted by Gasteiger charge is 2.38. The first kappa shape index (κ1) is 30.1. The number of hydrogen-bond acceptors (Lipinski definition) is 6. The molecule has 0 bridgehead atoms. The normalized spacial score (nSPS) is 11.6. The Labute approximate surface area is 210 Å². The Hall–Kier alpha value is -3.98. The number of hydrazine groups is 1. The largest absolute Gasteiger partial charge is 0.490 e. The summed E-state index contributed by atoms with van der Waals surface area (Å²) in [6, 6.07) is 12.7. The maximum Gasteiger partial charge on any atom is 0.490 e. The molecule has 1 unspecified atom stereocenters. The van der Waals surface area contributed by atoms with Crippen LogP contribution < -0.4 is 21.9 Å². The first-order valence-corrected chi connectivity index (χ1v) is 10.6. The number of nitrogens with one attached hydrogen (secondary N) is 3. The van der Waals surface area contributed by atoms with Crippen LogP contribution in [0.25, 0.3) is 0 Å². The third-order valence-corrected chi connectivity index (χ3v) is 4.56. The fourth-order valence-electron chi connectivity index (χ4n) is 2.47. The molecule has 0 radical (unpaired) electrons. The molecule has 7 N–H and O–H groups in total. The van der Waals surface area contributed by atoms with Crippen molar-refractivity contribution < 1.29 is 42.6 Å². The van der Waals surface area contributed by atoms with Gasteiger partial charge in [-0.05, 0) is 35.9 Å². The molecule has 2 aromatic carbocycles. The summed E-state index contributed by atoms with van der Waals surface area (Å²) in [5, 5.41) is 21.4. The van der Waals surface area contributed by atoms with Gasteiger partial charge in [0, 0.05) is 10.0 Å². The molecule has 2 rings (SSSR count). The average Bonchev–Trinajstić information content (AvgIpc) is 2.81. The first-order valence-electron chi connectivity index (χ1n) is 9.77. The van der Waals surface area contributed by atoms with Gasteiger partial charge >= 0.3 is 18.1 Å². The summed E-state index contributed by atoms with van der Waals surface area (Å²) < 4.78 is 32.6. The van der Waals surface area contributed by atoms with Crippen molar-refractivity contribution in [2.75, 3.05) is 6.54 Å². The van der Waals surface area contributed by atoms with Crippen LogP contribution in [0.4, 0.5) is 18.9 Å². The van der Waals surface area contributed by atoms with Gasteiger partial charge in [0.1, 0.15) is 6.34 Å². The lowest BCUT2D eigenvalue weighted by molar-refractivity contribution is -0.192. The molecule has 2 amide bonds. The van der Waals surface area contributed by atoms with Crippen LogP contribution in [0.3, 0.4) is 0 Å². The highest BCUT2D eigenvalue weighted by molar-refractivity contribution is 9.10. The van der Waals surface area contributed by atoms with Gasteiger partial charge < -0.3 is 26.3 Å². The maximum absolute atomic E-state index is 12.3. The van der Waals surface area contributed by atoms with E-state index in [4.69, 9.17) is 20.9 Å². The molecule has 0 heterocycles. The zero-order valence-corrected chi connectivity index (χ0v) is 19.8. The van der Waals surface area contributed by atoms with Crippen molar-refractivity contribution >= 4 is 51.7 Å². The van der Waals surface area contributed by atoms with E-state index >= 15 is 0 Å². The van der Waals surface area contributed by atoms with Crippen LogP contribution >= 0.6 is 15.9 Å². The Balaban J connectivity index is 0.000000809. The third kappa shape index (κ3) is 11.4. The van der Waals surface area contributed by atoms with Gasteiger partial charge in [-0.2, -0.15) is 13.2 Å². The van der Waals surface area contributed by atoms with Crippen LogP contribution in [0.1, 0.15) is 28.4 Å². The SMILES string of the molecule is NNC=Nc1cccc(C(=O)NCC(=O)NC(CC(=O)O)c2ccc(Br)cc2)c1.O=C(O)C(F)(F)F. The molecule has 194 valence electrons. The molecule has 0 saturated carbocycles. The summed E-state index contributed by atoms with van der Waals surface area (Å²) in [5.41, 5.74) is 3.74. The number of amides is 2. The number of nitrogens with two attached hydrogens (primary N) is 1. The van der Waals surface area contributed by atoms with E-state index in [1.165, 1.54) is 12.4 Å². The zero-order chi connectivity index (χ0) is 27.3. The van der Waals surface area contributed by atoms with Gasteiger partial charge in [-0.1, -0.05) is 34.1 Å². The number of rotatable bonds is 9. The van der Waals surface area contributed by atoms with E-state index in [1.54, 1.807) is 42.5 Å². The lowest BCUT2D eigenvalue weighted by Crippen LogP contribution is -2.39. The third-order valence-electron chi connectivity index (χ3n) is 4.03. The number of carbonyl (C=O) groups is 4. The van der Waals surface area contributed by atoms with Gasteiger partial charge in [0.15, 0.2) is 0 Å². The van der Waals surface area contributed by atoms with E-state index in [1.807, 2.05) is 0 Å². The lowest BCUT2D eigenvalue weighted by Gasteiger charge is -2.18. The summed E-state index contributed by atoms with van der Waals surface area (Å²) in [5.74, 6) is 0.339. The Morgan fingerprint density at radius 2 is 1.69 bits per heavy atom. The van der Waals surface area contributed by atoms with E-state index < -0.39 is 36.0 Å². The minimum Gasteiger partial charge on any atom is -0.481 e. The van der Waals surface area contributed by atoms with Crippen LogP contribution in [0.2, 0.25) is 0 Å². The highest BCUT2D eigenvalue weighted by atomic mass is 79.9. The van der Waals surface area contributed by atoms with Gasteiger partial charge in [-0.3, -0.25) is 14.4 Å². The Morgan fingerprint density at radius 3 is 2.22 bits per heavy atom. The summed E-state index contributed by atoms with van der Waals surface area (Å²) in [6.45, 7) is -0.302. The van der Waals surface area contributed by atoms with Crippen molar-refractivity contribution in [3.8, 4) is 0 Å². The van der Waals surface area contributed by atoms with Crippen LogP contribution in [0, 0.1) is 0 Å². The lowest BCUT2D eigenvalue weighted by atomic mass is 10.0. The van der Waals surface area contributed by atoms with Gasteiger partial charge in [0.05, 0.1) is 24.7 Å². The average molecular weight is 576 g/mol. The predicted molar refractivity (Wildman–Crippen MR) is 125 cm³/mol. The van der Waals surface area contributed by atoms with Gasteiger partial charge in [-0.25, -0.2) is 15.6 Å². The van der Waals surface area contributed by atoms with Crippen molar-refractivity contribution in [3.63, 3.8) is 0 Å². The molecule has 0 aromatic heterocycles. The van der Waals surface area contributed by atoms with Crippen molar-refractivity contribution in [1.82, 2.24) is 16.1 Å². The summed E-state index contributed by atoms with van der Waals surface area (Å²) in [4.78, 5) is 48.5.